The average molecular weight is 258 g/mol. The molecule has 0 atom stereocenters. The van der Waals surface area contributed by atoms with Crippen LogP contribution in [0, 0.1) is 0 Å². The van der Waals surface area contributed by atoms with Crippen molar-refractivity contribution in [3.8, 4) is 0 Å². The molecular formula is C12H18O6. The molecule has 0 aromatic carbocycles. The van der Waals surface area contributed by atoms with Crippen LogP contribution in [0.5, 0.6) is 0 Å². The second-order valence-electron chi connectivity index (χ2n) is 3.95. The van der Waals surface area contributed by atoms with Crippen molar-refractivity contribution in [1.29, 1.82) is 0 Å². The Kier molecular flexibility index (Phi) is 7.42. The number of carboxylic acids is 3. The van der Waals surface area contributed by atoms with Crippen LogP contribution in [0.2, 0.25) is 0 Å². The lowest BCUT2D eigenvalue weighted by molar-refractivity contribution is -0.140. The molecule has 102 valence electrons. The number of aliphatic carboxylic acids is 3. The van der Waals surface area contributed by atoms with Gasteiger partial charge in [0.2, 0.25) is 0 Å². The highest BCUT2D eigenvalue weighted by molar-refractivity contribution is 6.01. The molecule has 0 aliphatic carbocycles. The third-order valence-electron chi connectivity index (χ3n) is 2.49. The molecule has 0 aliphatic heterocycles. The minimum atomic E-state index is -1.48. The summed E-state index contributed by atoms with van der Waals surface area (Å²) in [5, 5.41) is 26.4. The smallest absolute Gasteiger partial charge is 0.332 e. The molecule has 3 N–H and O–H groups in total. The van der Waals surface area contributed by atoms with Crippen molar-refractivity contribution in [2.75, 3.05) is 0 Å². The maximum atomic E-state index is 11.0. The Morgan fingerprint density at radius 3 is 1.78 bits per heavy atom. The lowest BCUT2D eigenvalue weighted by Gasteiger charge is -2.07. The molecule has 0 spiro atoms. The maximum absolute atomic E-state index is 11.0. The fraction of sp³-hybridized carbons (Fsp3) is 0.583. The van der Waals surface area contributed by atoms with Crippen LogP contribution in [-0.4, -0.2) is 33.2 Å². The molecule has 0 heterocycles. The summed E-state index contributed by atoms with van der Waals surface area (Å²) in [5.74, 6) is -4.19. The Bertz CT molecular complexity index is 356. The first-order chi connectivity index (χ1) is 8.40. The van der Waals surface area contributed by atoms with Gasteiger partial charge in [0.05, 0.1) is 12.0 Å². The Hall–Kier alpha value is -1.85. The molecule has 0 unspecified atom stereocenters. The van der Waals surface area contributed by atoms with Crippen LogP contribution >= 0.6 is 0 Å². The second-order valence-corrected chi connectivity index (χ2v) is 3.95. The van der Waals surface area contributed by atoms with Gasteiger partial charge >= 0.3 is 17.9 Å². The molecule has 0 saturated carbocycles. The van der Waals surface area contributed by atoms with Gasteiger partial charge in [0.1, 0.15) is 0 Å². The fourth-order valence-corrected chi connectivity index (χ4v) is 1.58. The highest BCUT2D eigenvalue weighted by atomic mass is 16.4. The van der Waals surface area contributed by atoms with E-state index in [-0.39, 0.29) is 12.0 Å². The van der Waals surface area contributed by atoms with Crippen molar-refractivity contribution in [2.45, 2.75) is 45.4 Å². The number of carboxylic acid groups (broad SMARTS) is 3. The first kappa shape index (κ1) is 16.1. The normalized spacial score (nSPS) is 11.8. The van der Waals surface area contributed by atoms with E-state index >= 15 is 0 Å². The first-order valence-electron chi connectivity index (χ1n) is 5.80. The average Bonchev–Trinajstić information content (AvgIpc) is 2.25. The highest BCUT2D eigenvalue weighted by Gasteiger charge is 2.21. The van der Waals surface area contributed by atoms with Gasteiger partial charge in [-0.2, -0.15) is 0 Å². The van der Waals surface area contributed by atoms with E-state index in [0.717, 1.165) is 19.3 Å². The number of rotatable bonds is 9. The highest BCUT2D eigenvalue weighted by Crippen LogP contribution is 2.17. The summed E-state index contributed by atoms with van der Waals surface area (Å²) in [6.45, 7) is 2.00. The summed E-state index contributed by atoms with van der Waals surface area (Å²) in [5.41, 5.74) is -0.840. The third-order valence-corrected chi connectivity index (χ3v) is 2.49. The van der Waals surface area contributed by atoms with Crippen LogP contribution in [0.25, 0.3) is 0 Å². The topological polar surface area (TPSA) is 112 Å². The van der Waals surface area contributed by atoms with Gasteiger partial charge in [-0.25, -0.2) is 9.59 Å². The van der Waals surface area contributed by atoms with E-state index < -0.39 is 29.9 Å². The van der Waals surface area contributed by atoms with Crippen molar-refractivity contribution in [1.82, 2.24) is 0 Å². The Balaban J connectivity index is 4.91. The predicted molar refractivity (Wildman–Crippen MR) is 63.3 cm³/mol. The Morgan fingerprint density at radius 1 is 0.833 bits per heavy atom. The van der Waals surface area contributed by atoms with E-state index in [4.69, 9.17) is 15.3 Å². The minimum absolute atomic E-state index is 0.0875. The van der Waals surface area contributed by atoms with Gasteiger partial charge in [-0.1, -0.05) is 26.2 Å². The molecule has 0 aromatic heterocycles. The van der Waals surface area contributed by atoms with Crippen molar-refractivity contribution in [3.05, 3.63) is 11.1 Å². The van der Waals surface area contributed by atoms with Crippen LogP contribution in [-0.2, 0) is 14.4 Å². The number of hydrogen-bond donors (Lipinski definition) is 3. The lowest BCUT2D eigenvalue weighted by atomic mass is 9.99. The van der Waals surface area contributed by atoms with Gasteiger partial charge in [-0.15, -0.1) is 0 Å². The van der Waals surface area contributed by atoms with Gasteiger partial charge < -0.3 is 15.3 Å². The predicted octanol–water partition coefficient (Wildman–Crippen LogP) is 1.90. The van der Waals surface area contributed by atoms with Gasteiger partial charge in [0, 0.05) is 5.57 Å². The Morgan fingerprint density at radius 2 is 1.39 bits per heavy atom. The van der Waals surface area contributed by atoms with E-state index in [1.165, 1.54) is 0 Å². The SMILES string of the molecule is CCCCCCC(C(=O)O)=C(CC(=O)O)C(=O)O. The van der Waals surface area contributed by atoms with Crippen LogP contribution in [0.1, 0.15) is 45.4 Å². The van der Waals surface area contributed by atoms with Gasteiger partial charge in [0.25, 0.3) is 0 Å². The molecular weight excluding hydrogens is 240 g/mol. The van der Waals surface area contributed by atoms with Gasteiger partial charge in [0.15, 0.2) is 0 Å². The molecule has 18 heavy (non-hydrogen) atoms. The first-order valence-corrected chi connectivity index (χ1v) is 5.80. The zero-order chi connectivity index (χ0) is 14.1. The zero-order valence-electron chi connectivity index (χ0n) is 10.3. The molecule has 0 radical (unpaired) electrons. The molecule has 0 fully saturated rings. The van der Waals surface area contributed by atoms with E-state index in [0.29, 0.717) is 6.42 Å². The standard InChI is InChI=1S/C12H18O6/c1-2-3-4-5-6-8(11(15)16)9(12(17)18)7-10(13)14/h2-7H2,1H3,(H,13,14)(H,15,16)(H,17,18). The largest absolute Gasteiger partial charge is 0.481 e. The van der Waals surface area contributed by atoms with Crippen LogP contribution < -0.4 is 0 Å². The third kappa shape index (κ3) is 6.03. The maximum Gasteiger partial charge on any atom is 0.332 e. The monoisotopic (exact) mass is 258 g/mol. The lowest BCUT2D eigenvalue weighted by Crippen LogP contribution is -2.14. The molecule has 0 amide bonds. The Labute approximate surface area is 105 Å². The van der Waals surface area contributed by atoms with Crippen molar-refractivity contribution >= 4 is 17.9 Å². The number of carbonyl (C=O) groups is 3. The molecule has 0 aliphatic rings. The molecule has 0 rings (SSSR count). The van der Waals surface area contributed by atoms with Crippen molar-refractivity contribution in [2.24, 2.45) is 0 Å². The summed E-state index contributed by atoms with van der Waals surface area (Å²) >= 11 is 0. The zero-order valence-corrected chi connectivity index (χ0v) is 10.3. The molecule has 0 saturated heterocycles. The quantitative estimate of drug-likeness (QED) is 0.430. The molecule has 0 aromatic rings. The number of unbranched alkanes of at least 4 members (excludes halogenated alkanes) is 3. The second kappa shape index (κ2) is 8.27. The van der Waals surface area contributed by atoms with Crippen LogP contribution in [0.4, 0.5) is 0 Å². The summed E-state index contributed by atoms with van der Waals surface area (Å²) in [7, 11) is 0. The summed E-state index contributed by atoms with van der Waals surface area (Å²) < 4.78 is 0. The minimum Gasteiger partial charge on any atom is -0.481 e. The molecule has 6 heteroatoms. The summed E-state index contributed by atoms with van der Waals surface area (Å²) in [4.78, 5) is 32.4. The summed E-state index contributed by atoms with van der Waals surface area (Å²) in [6, 6.07) is 0. The molecule has 0 bridgehead atoms. The van der Waals surface area contributed by atoms with E-state index in [9.17, 15) is 14.4 Å². The van der Waals surface area contributed by atoms with Gasteiger partial charge in [-0.3, -0.25) is 4.79 Å². The fourth-order valence-electron chi connectivity index (χ4n) is 1.58. The van der Waals surface area contributed by atoms with E-state index in [1.54, 1.807) is 0 Å². The summed E-state index contributed by atoms with van der Waals surface area (Å²) in [6.07, 6.45) is 2.58. The van der Waals surface area contributed by atoms with E-state index in [1.807, 2.05) is 6.92 Å². The van der Waals surface area contributed by atoms with Crippen LogP contribution in [0.15, 0.2) is 11.1 Å². The van der Waals surface area contributed by atoms with Crippen molar-refractivity contribution < 1.29 is 29.7 Å². The van der Waals surface area contributed by atoms with E-state index in [2.05, 4.69) is 0 Å². The van der Waals surface area contributed by atoms with Crippen LogP contribution in [0.3, 0.4) is 0 Å². The van der Waals surface area contributed by atoms with Gasteiger partial charge in [-0.05, 0) is 12.8 Å². The molecule has 6 nitrogen and oxygen atoms in total. The van der Waals surface area contributed by atoms with Crippen molar-refractivity contribution in [3.63, 3.8) is 0 Å². The number of hydrogen-bond acceptors (Lipinski definition) is 3.